The highest BCUT2D eigenvalue weighted by molar-refractivity contribution is 5.15. The number of rotatable bonds is 15. The third-order valence-electron chi connectivity index (χ3n) is 4.96. The van der Waals surface area contributed by atoms with E-state index in [1.54, 1.807) is 24.3 Å². The first-order chi connectivity index (χ1) is 12.4. The molecular formula is C23H40O4. The van der Waals surface area contributed by atoms with Crippen molar-refractivity contribution < 1.29 is 19.3 Å². The Labute approximate surface area is 166 Å². The molecule has 0 saturated heterocycles. The molecule has 4 nitrogen and oxygen atoms in total. The van der Waals surface area contributed by atoms with Crippen molar-refractivity contribution in [3.8, 4) is 0 Å². The highest BCUT2D eigenvalue weighted by atomic mass is 16.6. The van der Waals surface area contributed by atoms with Crippen LogP contribution < -0.4 is 0 Å². The van der Waals surface area contributed by atoms with Crippen molar-refractivity contribution >= 4 is 0 Å². The first-order valence-electron chi connectivity index (χ1n) is 9.56. The van der Waals surface area contributed by atoms with E-state index in [-0.39, 0.29) is 18.1 Å². The largest absolute Gasteiger partial charge is 0.488 e. The van der Waals surface area contributed by atoms with Gasteiger partial charge < -0.3 is 19.3 Å². The highest BCUT2D eigenvalue weighted by Gasteiger charge is 2.40. The summed E-state index contributed by atoms with van der Waals surface area (Å²) in [5.74, 6) is 0.667. The average molecular weight is 381 g/mol. The molecule has 0 aromatic heterocycles. The van der Waals surface area contributed by atoms with Crippen molar-refractivity contribution in [2.75, 3.05) is 19.8 Å². The van der Waals surface area contributed by atoms with Gasteiger partial charge in [0.1, 0.15) is 11.4 Å². The van der Waals surface area contributed by atoms with Gasteiger partial charge in [0, 0.05) is 13.0 Å². The van der Waals surface area contributed by atoms with E-state index < -0.39 is 11.2 Å². The van der Waals surface area contributed by atoms with Crippen LogP contribution in [-0.2, 0) is 14.2 Å². The Bertz CT molecular complexity index is 501. The molecule has 0 aliphatic heterocycles. The number of aliphatic hydroxyl groups excluding tert-OH is 1. The van der Waals surface area contributed by atoms with Crippen LogP contribution in [0.3, 0.4) is 0 Å². The van der Waals surface area contributed by atoms with Crippen molar-refractivity contribution in [1.82, 2.24) is 0 Å². The van der Waals surface area contributed by atoms with Crippen LogP contribution in [0.15, 0.2) is 49.8 Å². The molecule has 0 aromatic rings. The molecule has 27 heavy (non-hydrogen) atoms. The van der Waals surface area contributed by atoms with Gasteiger partial charge in [-0.3, -0.25) is 0 Å². The number of hydrogen-bond acceptors (Lipinski definition) is 4. The lowest BCUT2D eigenvalue weighted by Gasteiger charge is -2.44. The van der Waals surface area contributed by atoms with Gasteiger partial charge >= 0.3 is 0 Å². The molecular weight excluding hydrogens is 340 g/mol. The van der Waals surface area contributed by atoms with E-state index in [9.17, 15) is 5.11 Å². The maximum atomic E-state index is 9.40. The van der Waals surface area contributed by atoms with Crippen molar-refractivity contribution in [2.24, 2.45) is 5.41 Å². The van der Waals surface area contributed by atoms with Crippen molar-refractivity contribution in [1.29, 1.82) is 0 Å². The Balaban J connectivity index is 5.33. The molecule has 0 rings (SSSR count). The van der Waals surface area contributed by atoms with E-state index in [1.165, 1.54) is 0 Å². The lowest BCUT2D eigenvalue weighted by molar-refractivity contribution is -0.171. The summed E-state index contributed by atoms with van der Waals surface area (Å²) in [6, 6.07) is 0. The van der Waals surface area contributed by atoms with Crippen LogP contribution in [0, 0.1) is 5.41 Å². The van der Waals surface area contributed by atoms with Crippen LogP contribution >= 0.6 is 0 Å². The minimum atomic E-state index is -0.484. The van der Waals surface area contributed by atoms with Crippen LogP contribution in [0.25, 0.3) is 0 Å². The highest BCUT2D eigenvalue weighted by Crippen LogP contribution is 2.38. The summed E-state index contributed by atoms with van der Waals surface area (Å²) in [5.41, 5.74) is -1.13. The maximum absolute atomic E-state index is 9.40. The molecule has 0 fully saturated rings. The van der Waals surface area contributed by atoms with Gasteiger partial charge in [-0.15, -0.1) is 6.58 Å². The summed E-state index contributed by atoms with van der Waals surface area (Å²) >= 11 is 0. The molecule has 0 spiro atoms. The maximum Gasteiger partial charge on any atom is 0.119 e. The summed E-state index contributed by atoms with van der Waals surface area (Å²) < 4.78 is 18.3. The van der Waals surface area contributed by atoms with E-state index in [0.29, 0.717) is 31.8 Å². The predicted octanol–water partition coefficient (Wildman–Crippen LogP) is 5.20. The fraction of sp³-hybridized carbons (Fsp3) is 0.652. The lowest BCUT2D eigenvalue weighted by Crippen LogP contribution is -2.47. The van der Waals surface area contributed by atoms with Gasteiger partial charge in [0.15, 0.2) is 0 Å². The minimum Gasteiger partial charge on any atom is -0.488 e. The molecule has 0 radical (unpaired) electrons. The van der Waals surface area contributed by atoms with Gasteiger partial charge in [-0.25, -0.2) is 0 Å². The van der Waals surface area contributed by atoms with Crippen molar-refractivity contribution in [3.05, 3.63) is 49.8 Å². The van der Waals surface area contributed by atoms with Gasteiger partial charge in [-0.1, -0.05) is 39.2 Å². The van der Waals surface area contributed by atoms with Crippen LogP contribution in [0.2, 0.25) is 0 Å². The third kappa shape index (κ3) is 9.41. The normalized spacial score (nSPS) is 14.6. The molecule has 1 unspecified atom stereocenters. The summed E-state index contributed by atoms with van der Waals surface area (Å²) in [6.07, 6.45) is 7.96. The van der Waals surface area contributed by atoms with Gasteiger partial charge in [-0.2, -0.15) is 0 Å². The zero-order chi connectivity index (χ0) is 21.1. The summed E-state index contributed by atoms with van der Waals surface area (Å²) in [4.78, 5) is 0. The molecule has 0 aliphatic rings. The number of ether oxygens (including phenoxy) is 3. The molecule has 0 saturated carbocycles. The van der Waals surface area contributed by atoms with E-state index >= 15 is 0 Å². The molecule has 0 aromatic carbocycles. The Kier molecular flexibility index (Phi) is 10.9. The molecule has 0 heterocycles. The third-order valence-corrected chi connectivity index (χ3v) is 4.96. The topological polar surface area (TPSA) is 47.9 Å². The van der Waals surface area contributed by atoms with Crippen LogP contribution in [-0.4, -0.2) is 42.2 Å². The van der Waals surface area contributed by atoms with Crippen LogP contribution in [0.1, 0.15) is 54.4 Å². The Morgan fingerprint density at radius 3 is 2.19 bits per heavy atom. The SMILES string of the molecule is C=C/C=C(\C=C)OC(C)(C)CC(COCC=C)OC(C)(C)C(C)(C)CCO. The van der Waals surface area contributed by atoms with Gasteiger partial charge in [-0.05, 0) is 51.7 Å². The minimum absolute atomic E-state index is 0.126. The second kappa shape index (κ2) is 11.5. The van der Waals surface area contributed by atoms with E-state index in [1.807, 2.05) is 13.8 Å². The van der Waals surface area contributed by atoms with E-state index in [4.69, 9.17) is 14.2 Å². The Morgan fingerprint density at radius 1 is 1.07 bits per heavy atom. The molecule has 4 heteroatoms. The summed E-state index contributed by atoms with van der Waals surface area (Å²) in [7, 11) is 0. The zero-order valence-corrected chi connectivity index (χ0v) is 18.2. The Hall–Kier alpha value is -1.36. The summed E-state index contributed by atoms with van der Waals surface area (Å²) in [6.45, 7) is 24.6. The predicted molar refractivity (Wildman–Crippen MR) is 114 cm³/mol. The molecule has 1 atom stereocenters. The van der Waals surface area contributed by atoms with Crippen molar-refractivity contribution in [2.45, 2.75) is 71.7 Å². The monoisotopic (exact) mass is 380 g/mol. The number of allylic oxidation sites excluding steroid dienone is 3. The average Bonchev–Trinajstić information content (AvgIpc) is 2.53. The standard InChI is InChI=1S/C23H40O4/c1-10-13-19(12-3)26-22(6,7)17-20(18-25-16-11-2)27-23(8,9)21(4,5)14-15-24/h10-13,20,24H,1-3,14-18H2,4-9H3/b19-13+. The fourth-order valence-corrected chi connectivity index (χ4v) is 2.74. The first kappa shape index (κ1) is 25.6. The molecule has 0 amide bonds. The first-order valence-corrected chi connectivity index (χ1v) is 9.56. The molecule has 156 valence electrons. The second-order valence-corrected chi connectivity index (χ2v) is 8.51. The van der Waals surface area contributed by atoms with Gasteiger partial charge in [0.2, 0.25) is 0 Å². The zero-order valence-electron chi connectivity index (χ0n) is 18.2. The van der Waals surface area contributed by atoms with Gasteiger partial charge in [0.25, 0.3) is 0 Å². The molecule has 0 bridgehead atoms. The second-order valence-electron chi connectivity index (χ2n) is 8.51. The quantitative estimate of drug-likeness (QED) is 0.183. The smallest absolute Gasteiger partial charge is 0.119 e. The molecule has 1 N–H and O–H groups in total. The lowest BCUT2D eigenvalue weighted by atomic mass is 9.74. The van der Waals surface area contributed by atoms with E-state index in [0.717, 1.165) is 0 Å². The number of aliphatic hydroxyl groups is 1. The number of hydrogen-bond donors (Lipinski definition) is 1. The van der Waals surface area contributed by atoms with Gasteiger partial charge in [0.05, 0.1) is 24.9 Å². The van der Waals surface area contributed by atoms with Crippen LogP contribution in [0.5, 0.6) is 0 Å². The fourth-order valence-electron chi connectivity index (χ4n) is 2.74. The van der Waals surface area contributed by atoms with Crippen molar-refractivity contribution in [3.63, 3.8) is 0 Å². The Morgan fingerprint density at radius 2 is 1.70 bits per heavy atom. The van der Waals surface area contributed by atoms with Crippen LogP contribution in [0.4, 0.5) is 0 Å². The van der Waals surface area contributed by atoms with E-state index in [2.05, 4.69) is 47.4 Å². The molecule has 0 aliphatic carbocycles. The summed E-state index contributed by atoms with van der Waals surface area (Å²) in [5, 5.41) is 9.40.